The molecule has 0 radical (unpaired) electrons. The SMILES string of the molecule is CC(CCO)NC1c2cc(Br)ccc2SCC1C. The second-order valence-electron chi connectivity index (χ2n) is 5.03. The van der Waals surface area contributed by atoms with Crippen molar-refractivity contribution in [2.75, 3.05) is 12.4 Å². The van der Waals surface area contributed by atoms with E-state index in [2.05, 4.69) is 53.3 Å². The molecule has 0 saturated heterocycles. The highest BCUT2D eigenvalue weighted by Gasteiger charge is 2.27. The van der Waals surface area contributed by atoms with Gasteiger partial charge in [-0.2, -0.15) is 0 Å². The third-order valence-electron chi connectivity index (χ3n) is 3.40. The summed E-state index contributed by atoms with van der Waals surface area (Å²) in [6.07, 6.45) is 0.805. The van der Waals surface area contributed by atoms with Crippen molar-refractivity contribution in [1.29, 1.82) is 0 Å². The number of nitrogens with one attached hydrogen (secondary N) is 1. The summed E-state index contributed by atoms with van der Waals surface area (Å²) in [5.74, 6) is 1.76. The minimum atomic E-state index is 0.245. The average Bonchev–Trinajstić information content (AvgIpc) is 2.33. The largest absolute Gasteiger partial charge is 0.396 e. The molecule has 0 bridgehead atoms. The number of hydrogen-bond acceptors (Lipinski definition) is 3. The van der Waals surface area contributed by atoms with Gasteiger partial charge in [-0.25, -0.2) is 0 Å². The first kappa shape index (κ1) is 14.4. The van der Waals surface area contributed by atoms with Crippen LogP contribution in [0, 0.1) is 5.92 Å². The molecule has 1 aromatic rings. The molecule has 1 aromatic carbocycles. The fourth-order valence-electron chi connectivity index (χ4n) is 2.36. The molecule has 0 aromatic heterocycles. The molecular weight excluding hydrogens is 310 g/mol. The van der Waals surface area contributed by atoms with Gasteiger partial charge in [-0.3, -0.25) is 0 Å². The minimum Gasteiger partial charge on any atom is -0.396 e. The number of aliphatic hydroxyl groups excluding tert-OH is 1. The number of aliphatic hydroxyl groups is 1. The second kappa shape index (κ2) is 6.42. The zero-order valence-corrected chi connectivity index (χ0v) is 13.2. The Labute approximate surface area is 122 Å². The molecular formula is C14H20BrNOS. The van der Waals surface area contributed by atoms with Crippen molar-refractivity contribution in [2.24, 2.45) is 5.92 Å². The number of halogens is 1. The van der Waals surface area contributed by atoms with Gasteiger partial charge < -0.3 is 10.4 Å². The smallest absolute Gasteiger partial charge is 0.0445 e. The first-order valence-electron chi connectivity index (χ1n) is 6.41. The quantitative estimate of drug-likeness (QED) is 0.885. The average molecular weight is 330 g/mol. The van der Waals surface area contributed by atoms with Gasteiger partial charge >= 0.3 is 0 Å². The van der Waals surface area contributed by atoms with Crippen LogP contribution in [-0.2, 0) is 0 Å². The van der Waals surface area contributed by atoms with Crippen molar-refractivity contribution in [3.63, 3.8) is 0 Å². The minimum absolute atomic E-state index is 0.245. The Bertz CT molecular complexity index is 413. The van der Waals surface area contributed by atoms with E-state index in [4.69, 9.17) is 5.11 Å². The predicted octanol–water partition coefficient (Wildman–Crippen LogP) is 3.59. The normalized spacial score (nSPS) is 24.7. The zero-order chi connectivity index (χ0) is 13.1. The molecule has 2 N–H and O–H groups in total. The molecule has 1 heterocycles. The maximum Gasteiger partial charge on any atom is 0.0445 e. The fraction of sp³-hybridized carbons (Fsp3) is 0.571. The summed E-state index contributed by atoms with van der Waals surface area (Å²) in [4.78, 5) is 1.38. The van der Waals surface area contributed by atoms with E-state index in [0.29, 0.717) is 18.0 Å². The first-order valence-corrected chi connectivity index (χ1v) is 8.19. The van der Waals surface area contributed by atoms with Gasteiger partial charge in [-0.15, -0.1) is 11.8 Å². The van der Waals surface area contributed by atoms with Crippen LogP contribution in [0.2, 0.25) is 0 Å². The summed E-state index contributed by atoms with van der Waals surface area (Å²) in [6, 6.07) is 7.26. The summed E-state index contributed by atoms with van der Waals surface area (Å²) in [6.45, 7) is 4.68. The van der Waals surface area contributed by atoms with Crippen LogP contribution in [-0.4, -0.2) is 23.5 Å². The molecule has 1 aliphatic rings. The summed E-state index contributed by atoms with van der Waals surface area (Å²) >= 11 is 5.50. The lowest BCUT2D eigenvalue weighted by atomic mass is 9.94. The van der Waals surface area contributed by atoms with Gasteiger partial charge in [0.25, 0.3) is 0 Å². The lowest BCUT2D eigenvalue weighted by Gasteiger charge is -2.34. The van der Waals surface area contributed by atoms with Gasteiger partial charge in [-0.05, 0) is 43.0 Å². The van der Waals surface area contributed by atoms with Gasteiger partial charge in [0, 0.05) is 33.8 Å². The maximum atomic E-state index is 9.02. The van der Waals surface area contributed by atoms with Crippen LogP contribution >= 0.6 is 27.7 Å². The Hall–Kier alpha value is -0.0300. The molecule has 2 rings (SSSR count). The highest BCUT2D eigenvalue weighted by molar-refractivity contribution is 9.10. The van der Waals surface area contributed by atoms with E-state index in [0.717, 1.165) is 16.6 Å². The number of fused-ring (bicyclic) bond motifs is 1. The molecule has 100 valence electrons. The molecule has 0 amide bonds. The maximum absolute atomic E-state index is 9.02. The Morgan fingerprint density at radius 3 is 3.06 bits per heavy atom. The Morgan fingerprint density at radius 1 is 1.56 bits per heavy atom. The highest BCUT2D eigenvalue weighted by atomic mass is 79.9. The van der Waals surface area contributed by atoms with Crippen LogP contribution in [0.25, 0.3) is 0 Å². The van der Waals surface area contributed by atoms with Crippen LogP contribution in [0.4, 0.5) is 0 Å². The van der Waals surface area contributed by atoms with Crippen LogP contribution < -0.4 is 5.32 Å². The van der Waals surface area contributed by atoms with Crippen molar-refractivity contribution in [1.82, 2.24) is 5.32 Å². The number of benzene rings is 1. The number of rotatable bonds is 4. The van der Waals surface area contributed by atoms with Gasteiger partial charge in [0.1, 0.15) is 0 Å². The van der Waals surface area contributed by atoms with E-state index >= 15 is 0 Å². The molecule has 4 heteroatoms. The Balaban J connectivity index is 2.21. The van der Waals surface area contributed by atoms with E-state index in [1.165, 1.54) is 10.5 Å². The van der Waals surface area contributed by atoms with Crippen molar-refractivity contribution in [3.05, 3.63) is 28.2 Å². The molecule has 0 saturated carbocycles. The van der Waals surface area contributed by atoms with E-state index in [-0.39, 0.29) is 6.61 Å². The van der Waals surface area contributed by atoms with Crippen LogP contribution in [0.3, 0.4) is 0 Å². The van der Waals surface area contributed by atoms with Crippen molar-refractivity contribution >= 4 is 27.7 Å². The van der Waals surface area contributed by atoms with Crippen LogP contribution in [0.15, 0.2) is 27.6 Å². The van der Waals surface area contributed by atoms with E-state index in [1.807, 2.05) is 11.8 Å². The van der Waals surface area contributed by atoms with Crippen molar-refractivity contribution < 1.29 is 5.11 Å². The lowest BCUT2D eigenvalue weighted by molar-refractivity contribution is 0.254. The molecule has 3 unspecified atom stereocenters. The zero-order valence-electron chi connectivity index (χ0n) is 10.8. The summed E-state index contributed by atoms with van der Waals surface area (Å²) in [5, 5.41) is 12.7. The summed E-state index contributed by atoms with van der Waals surface area (Å²) < 4.78 is 1.14. The summed E-state index contributed by atoms with van der Waals surface area (Å²) in [5.41, 5.74) is 1.39. The standard InChI is InChI=1S/C14H20BrNOS/c1-9-8-18-13-4-3-11(15)7-12(13)14(9)16-10(2)5-6-17/h3-4,7,9-10,14,16-17H,5-6,8H2,1-2H3. The highest BCUT2D eigenvalue weighted by Crippen LogP contribution is 2.40. The lowest BCUT2D eigenvalue weighted by Crippen LogP contribution is -2.37. The third-order valence-corrected chi connectivity index (χ3v) is 5.27. The number of hydrogen-bond donors (Lipinski definition) is 2. The van der Waals surface area contributed by atoms with Crippen LogP contribution in [0.5, 0.6) is 0 Å². The molecule has 2 nitrogen and oxygen atoms in total. The van der Waals surface area contributed by atoms with Crippen molar-refractivity contribution in [3.8, 4) is 0 Å². The molecule has 0 fully saturated rings. The van der Waals surface area contributed by atoms with Gasteiger partial charge in [-0.1, -0.05) is 22.9 Å². The van der Waals surface area contributed by atoms with E-state index in [9.17, 15) is 0 Å². The molecule has 18 heavy (non-hydrogen) atoms. The van der Waals surface area contributed by atoms with Crippen LogP contribution in [0.1, 0.15) is 31.9 Å². The van der Waals surface area contributed by atoms with Gasteiger partial charge in [0.05, 0.1) is 0 Å². The van der Waals surface area contributed by atoms with Gasteiger partial charge in [0.2, 0.25) is 0 Å². The Morgan fingerprint density at radius 2 is 2.33 bits per heavy atom. The molecule has 0 aliphatic carbocycles. The fourth-order valence-corrected chi connectivity index (χ4v) is 3.89. The monoisotopic (exact) mass is 329 g/mol. The van der Waals surface area contributed by atoms with E-state index in [1.54, 1.807) is 0 Å². The van der Waals surface area contributed by atoms with Crippen molar-refractivity contribution in [2.45, 2.75) is 37.2 Å². The topological polar surface area (TPSA) is 32.3 Å². The molecule has 1 aliphatic heterocycles. The summed E-state index contributed by atoms with van der Waals surface area (Å²) in [7, 11) is 0. The third kappa shape index (κ3) is 3.29. The molecule has 3 atom stereocenters. The first-order chi connectivity index (χ1) is 8.61. The predicted molar refractivity (Wildman–Crippen MR) is 81.1 cm³/mol. The number of thioether (sulfide) groups is 1. The van der Waals surface area contributed by atoms with E-state index < -0.39 is 0 Å². The Kier molecular flexibility index (Phi) is 5.13. The second-order valence-corrected chi connectivity index (χ2v) is 7.01. The molecule has 0 spiro atoms. The van der Waals surface area contributed by atoms with Gasteiger partial charge in [0.15, 0.2) is 0 Å².